The van der Waals surface area contributed by atoms with Crippen LogP contribution in [0.5, 0.6) is 0 Å². The van der Waals surface area contributed by atoms with Crippen LogP contribution in [-0.2, 0) is 16.6 Å². The van der Waals surface area contributed by atoms with Gasteiger partial charge in [0.1, 0.15) is 4.21 Å². The molecule has 6 heteroatoms. The summed E-state index contributed by atoms with van der Waals surface area (Å²) in [4.78, 5) is 0. The summed E-state index contributed by atoms with van der Waals surface area (Å²) >= 11 is 1.12. The first-order valence-electron chi connectivity index (χ1n) is 6.36. The molecule has 0 aliphatic carbocycles. The number of nitrogen functional groups attached to an aromatic ring is 1. The number of fused-ring (bicyclic) bond motifs is 1. The largest absolute Gasteiger partial charge is 0.398 e. The lowest BCUT2D eigenvalue weighted by atomic mass is 10.1. The molecule has 0 radical (unpaired) electrons. The highest BCUT2D eigenvalue weighted by Gasteiger charge is 2.16. The van der Waals surface area contributed by atoms with E-state index in [0.717, 1.165) is 27.7 Å². The number of benzene rings is 2. The number of anilines is 1. The third-order valence-electron chi connectivity index (χ3n) is 3.19. The number of hydrogen-bond acceptors (Lipinski definition) is 4. The van der Waals surface area contributed by atoms with E-state index in [-0.39, 0.29) is 10.8 Å². The molecular formula is C15H14N2O2S2. The molecule has 3 rings (SSSR count). The molecule has 0 bridgehead atoms. The van der Waals surface area contributed by atoms with Gasteiger partial charge in [-0.3, -0.25) is 0 Å². The summed E-state index contributed by atoms with van der Waals surface area (Å²) in [6, 6.07) is 15.2. The Bertz CT molecular complexity index is 880. The van der Waals surface area contributed by atoms with Gasteiger partial charge in [0.25, 0.3) is 0 Å². The normalized spacial score (nSPS) is 11.8. The van der Waals surface area contributed by atoms with E-state index in [0.29, 0.717) is 5.69 Å². The minimum atomic E-state index is -3.52. The van der Waals surface area contributed by atoms with E-state index in [1.54, 1.807) is 5.38 Å². The Morgan fingerprint density at radius 3 is 2.62 bits per heavy atom. The Hall–Kier alpha value is -1.89. The molecule has 1 heterocycles. The zero-order chi connectivity index (χ0) is 14.9. The SMILES string of the molecule is Nc1csc(S(=O)(=O)NCc2cccc3ccccc23)c1. The van der Waals surface area contributed by atoms with Gasteiger partial charge < -0.3 is 5.73 Å². The van der Waals surface area contributed by atoms with Crippen molar-refractivity contribution in [1.82, 2.24) is 4.72 Å². The molecule has 0 fully saturated rings. The summed E-state index contributed by atoms with van der Waals surface area (Å²) in [6.45, 7) is 0.251. The first-order valence-corrected chi connectivity index (χ1v) is 8.73. The minimum absolute atomic E-state index is 0.236. The lowest BCUT2D eigenvalue weighted by Gasteiger charge is -2.08. The summed E-state index contributed by atoms with van der Waals surface area (Å²) in [5, 5.41) is 3.76. The van der Waals surface area contributed by atoms with Gasteiger partial charge in [-0.25, -0.2) is 13.1 Å². The van der Waals surface area contributed by atoms with Gasteiger partial charge >= 0.3 is 0 Å². The molecule has 0 saturated heterocycles. The van der Waals surface area contributed by atoms with E-state index < -0.39 is 10.0 Å². The number of sulfonamides is 1. The fraction of sp³-hybridized carbons (Fsp3) is 0.0667. The van der Waals surface area contributed by atoms with Gasteiger partial charge in [0.15, 0.2) is 0 Å². The van der Waals surface area contributed by atoms with E-state index >= 15 is 0 Å². The third kappa shape index (κ3) is 2.92. The van der Waals surface area contributed by atoms with E-state index in [9.17, 15) is 8.42 Å². The van der Waals surface area contributed by atoms with Crippen LogP contribution in [0.1, 0.15) is 5.56 Å². The van der Waals surface area contributed by atoms with Crippen LogP contribution in [0.25, 0.3) is 10.8 Å². The summed E-state index contributed by atoms with van der Waals surface area (Å²) in [5.41, 5.74) is 6.98. The van der Waals surface area contributed by atoms with E-state index in [1.165, 1.54) is 6.07 Å². The number of nitrogens with one attached hydrogen (secondary N) is 1. The van der Waals surface area contributed by atoms with Crippen LogP contribution in [0.15, 0.2) is 58.1 Å². The average molecular weight is 318 g/mol. The van der Waals surface area contributed by atoms with Gasteiger partial charge in [0, 0.05) is 17.6 Å². The smallest absolute Gasteiger partial charge is 0.250 e. The van der Waals surface area contributed by atoms with Crippen LogP contribution in [0.4, 0.5) is 5.69 Å². The van der Waals surface area contributed by atoms with Crippen molar-refractivity contribution in [2.75, 3.05) is 5.73 Å². The molecule has 1 aromatic heterocycles. The van der Waals surface area contributed by atoms with Crippen LogP contribution in [0.3, 0.4) is 0 Å². The minimum Gasteiger partial charge on any atom is -0.398 e. The highest BCUT2D eigenvalue weighted by molar-refractivity contribution is 7.91. The molecule has 2 aromatic carbocycles. The molecule has 21 heavy (non-hydrogen) atoms. The van der Waals surface area contributed by atoms with Gasteiger partial charge in [0.2, 0.25) is 10.0 Å². The summed E-state index contributed by atoms with van der Waals surface area (Å²) in [7, 11) is -3.52. The van der Waals surface area contributed by atoms with Crippen molar-refractivity contribution in [3.63, 3.8) is 0 Å². The van der Waals surface area contributed by atoms with Crippen molar-refractivity contribution in [3.8, 4) is 0 Å². The monoisotopic (exact) mass is 318 g/mol. The van der Waals surface area contributed by atoms with Crippen molar-refractivity contribution >= 4 is 37.8 Å². The third-order valence-corrected chi connectivity index (χ3v) is 6.05. The molecule has 0 unspecified atom stereocenters. The predicted molar refractivity (Wildman–Crippen MR) is 86.7 cm³/mol. The highest BCUT2D eigenvalue weighted by atomic mass is 32.2. The van der Waals surface area contributed by atoms with Gasteiger partial charge in [0.05, 0.1) is 0 Å². The molecule has 4 nitrogen and oxygen atoms in total. The molecular weight excluding hydrogens is 304 g/mol. The van der Waals surface area contributed by atoms with Crippen molar-refractivity contribution < 1.29 is 8.42 Å². The molecule has 108 valence electrons. The second kappa shape index (κ2) is 5.48. The summed E-state index contributed by atoms with van der Waals surface area (Å²) in [6.07, 6.45) is 0. The number of hydrogen-bond donors (Lipinski definition) is 2. The second-order valence-corrected chi connectivity index (χ2v) is 7.57. The van der Waals surface area contributed by atoms with Gasteiger partial charge in [-0.05, 0) is 22.4 Å². The van der Waals surface area contributed by atoms with Crippen molar-refractivity contribution in [2.24, 2.45) is 0 Å². The fourth-order valence-electron chi connectivity index (χ4n) is 2.16. The standard InChI is InChI=1S/C15H14N2O2S2/c16-13-8-15(20-10-13)21(18,19)17-9-12-6-3-5-11-4-1-2-7-14(11)12/h1-8,10,17H,9,16H2. The Kier molecular flexibility index (Phi) is 3.67. The maximum atomic E-state index is 12.2. The molecule has 3 N–H and O–H groups in total. The number of nitrogens with two attached hydrogens (primary N) is 1. The average Bonchev–Trinajstić information content (AvgIpc) is 2.93. The molecule has 0 spiro atoms. The molecule has 0 aliphatic heterocycles. The quantitative estimate of drug-likeness (QED) is 0.777. The van der Waals surface area contributed by atoms with Crippen molar-refractivity contribution in [3.05, 3.63) is 59.5 Å². The fourth-order valence-corrected chi connectivity index (χ4v) is 4.29. The molecule has 0 aliphatic rings. The zero-order valence-corrected chi connectivity index (χ0v) is 12.7. The van der Waals surface area contributed by atoms with Crippen LogP contribution in [0, 0.1) is 0 Å². The predicted octanol–water partition coefficient (Wildman–Crippen LogP) is 2.96. The van der Waals surface area contributed by atoms with Crippen LogP contribution in [-0.4, -0.2) is 8.42 Å². The highest BCUT2D eigenvalue weighted by Crippen LogP contribution is 2.23. The van der Waals surface area contributed by atoms with Gasteiger partial charge in [-0.15, -0.1) is 11.3 Å². The molecule has 0 saturated carbocycles. The van der Waals surface area contributed by atoms with E-state index in [4.69, 9.17) is 5.73 Å². The lowest BCUT2D eigenvalue weighted by Crippen LogP contribution is -2.22. The Morgan fingerprint density at radius 2 is 1.86 bits per heavy atom. The zero-order valence-electron chi connectivity index (χ0n) is 11.1. The van der Waals surface area contributed by atoms with Gasteiger partial charge in [-0.2, -0.15) is 0 Å². The maximum absolute atomic E-state index is 12.2. The Balaban J connectivity index is 1.87. The first-order chi connectivity index (χ1) is 10.1. The molecule has 3 aromatic rings. The lowest BCUT2D eigenvalue weighted by molar-refractivity contribution is 0.583. The summed E-state index contributed by atoms with van der Waals surface area (Å²) < 4.78 is 27.3. The van der Waals surface area contributed by atoms with Crippen molar-refractivity contribution in [2.45, 2.75) is 10.8 Å². The van der Waals surface area contributed by atoms with Crippen LogP contribution >= 0.6 is 11.3 Å². The van der Waals surface area contributed by atoms with Crippen molar-refractivity contribution in [1.29, 1.82) is 0 Å². The maximum Gasteiger partial charge on any atom is 0.250 e. The number of rotatable bonds is 4. The molecule has 0 amide bonds. The van der Waals surface area contributed by atoms with Crippen LogP contribution in [0.2, 0.25) is 0 Å². The topological polar surface area (TPSA) is 72.2 Å². The van der Waals surface area contributed by atoms with Crippen LogP contribution < -0.4 is 10.5 Å². The number of thiophene rings is 1. The van der Waals surface area contributed by atoms with E-state index in [1.807, 2.05) is 42.5 Å². The Labute approximate surface area is 127 Å². The Morgan fingerprint density at radius 1 is 1.10 bits per heavy atom. The first kappa shape index (κ1) is 14.1. The van der Waals surface area contributed by atoms with E-state index in [2.05, 4.69) is 4.72 Å². The molecule has 0 atom stereocenters. The van der Waals surface area contributed by atoms with Gasteiger partial charge in [-0.1, -0.05) is 42.5 Å². The second-order valence-electron chi connectivity index (χ2n) is 4.66. The summed E-state index contributed by atoms with van der Waals surface area (Å²) in [5.74, 6) is 0.